The number of nitrogens with zero attached hydrogens (tertiary/aromatic N) is 2. The molecule has 1 aliphatic heterocycles. The van der Waals surface area contributed by atoms with Crippen LogP contribution in [0.15, 0.2) is 48.5 Å². The molecule has 1 heterocycles. The van der Waals surface area contributed by atoms with E-state index in [4.69, 9.17) is 9.47 Å². The minimum atomic E-state index is 0.0428. The van der Waals surface area contributed by atoms with Crippen LogP contribution in [-0.2, 0) is 17.9 Å². The minimum Gasteiger partial charge on any atom is -0.493 e. The second-order valence-electron chi connectivity index (χ2n) is 7.02. The summed E-state index contributed by atoms with van der Waals surface area (Å²) in [5.74, 6) is 1.32. The van der Waals surface area contributed by atoms with Crippen LogP contribution in [0.3, 0.4) is 0 Å². The van der Waals surface area contributed by atoms with E-state index in [9.17, 15) is 4.79 Å². The van der Waals surface area contributed by atoms with Crippen molar-refractivity contribution in [1.29, 1.82) is 0 Å². The molecule has 144 valence electrons. The van der Waals surface area contributed by atoms with Crippen LogP contribution in [0.4, 0.5) is 0 Å². The Kier molecular flexibility index (Phi) is 6.71. The predicted molar refractivity (Wildman–Crippen MR) is 106 cm³/mol. The summed E-state index contributed by atoms with van der Waals surface area (Å²) in [5.41, 5.74) is 2.43. The molecule has 27 heavy (non-hydrogen) atoms. The number of hydrogen-bond donors (Lipinski definition) is 0. The van der Waals surface area contributed by atoms with Crippen molar-refractivity contribution < 1.29 is 14.3 Å². The zero-order valence-electron chi connectivity index (χ0n) is 16.2. The zero-order valence-corrected chi connectivity index (χ0v) is 16.2. The molecule has 0 unspecified atom stereocenters. The monoisotopic (exact) mass is 368 g/mol. The van der Waals surface area contributed by atoms with E-state index in [1.807, 2.05) is 29.2 Å². The maximum atomic E-state index is 12.2. The topological polar surface area (TPSA) is 42.0 Å². The molecule has 0 aliphatic carbocycles. The first-order chi connectivity index (χ1) is 13.2. The molecular formula is C22H28N2O3. The van der Waals surface area contributed by atoms with Crippen LogP contribution in [0, 0.1) is 0 Å². The van der Waals surface area contributed by atoms with Crippen LogP contribution in [0.1, 0.15) is 24.0 Å². The third-order valence-corrected chi connectivity index (χ3v) is 4.79. The molecular weight excluding hydrogens is 340 g/mol. The smallest absolute Gasteiger partial charge is 0.260 e. The van der Waals surface area contributed by atoms with Gasteiger partial charge in [-0.1, -0.05) is 36.4 Å². The van der Waals surface area contributed by atoms with Crippen LogP contribution in [0.25, 0.3) is 0 Å². The van der Waals surface area contributed by atoms with Crippen LogP contribution < -0.4 is 9.47 Å². The molecule has 0 spiro atoms. The van der Waals surface area contributed by atoms with Crippen LogP contribution >= 0.6 is 0 Å². The first-order valence-electron chi connectivity index (χ1n) is 9.45. The van der Waals surface area contributed by atoms with Crippen molar-refractivity contribution >= 4 is 5.91 Å². The van der Waals surface area contributed by atoms with Gasteiger partial charge in [0.1, 0.15) is 0 Å². The molecule has 0 bridgehead atoms. The van der Waals surface area contributed by atoms with Crippen molar-refractivity contribution in [3.8, 4) is 11.5 Å². The average Bonchev–Trinajstić information content (AvgIpc) is 3.22. The molecule has 0 atom stereocenters. The van der Waals surface area contributed by atoms with Gasteiger partial charge in [0.05, 0.1) is 7.11 Å². The number of rotatable bonds is 8. The van der Waals surface area contributed by atoms with E-state index in [0.717, 1.165) is 44.6 Å². The summed E-state index contributed by atoms with van der Waals surface area (Å²) < 4.78 is 11.2. The summed E-state index contributed by atoms with van der Waals surface area (Å²) in [7, 11) is 3.72. The van der Waals surface area contributed by atoms with Gasteiger partial charge in [-0.3, -0.25) is 9.69 Å². The number of hydrogen-bond acceptors (Lipinski definition) is 4. The Bertz CT molecular complexity index is 742. The first-order valence-corrected chi connectivity index (χ1v) is 9.45. The van der Waals surface area contributed by atoms with Crippen molar-refractivity contribution in [3.63, 3.8) is 0 Å². The lowest BCUT2D eigenvalue weighted by Crippen LogP contribution is -2.32. The lowest BCUT2D eigenvalue weighted by Gasteiger charge is -2.19. The number of methoxy groups -OCH3 is 1. The summed E-state index contributed by atoms with van der Waals surface area (Å²) in [6, 6.07) is 16.3. The standard InChI is InChI=1S/C22H28N2O3/c1-23(15-18-8-4-3-5-9-18)16-19-10-11-20(21(14-19)26-2)27-17-22(25)24-12-6-7-13-24/h3-5,8-11,14H,6-7,12-13,15-17H2,1-2H3. The van der Waals surface area contributed by atoms with Gasteiger partial charge in [0, 0.05) is 26.2 Å². The SMILES string of the molecule is COc1cc(CN(C)Cc2ccccc2)ccc1OCC(=O)N1CCCC1. The molecule has 0 saturated carbocycles. The highest BCUT2D eigenvalue weighted by Crippen LogP contribution is 2.28. The van der Waals surface area contributed by atoms with E-state index >= 15 is 0 Å². The molecule has 5 nitrogen and oxygen atoms in total. The fourth-order valence-corrected chi connectivity index (χ4v) is 3.39. The molecule has 0 radical (unpaired) electrons. The molecule has 5 heteroatoms. The van der Waals surface area contributed by atoms with E-state index < -0.39 is 0 Å². The van der Waals surface area contributed by atoms with Gasteiger partial charge in [-0.2, -0.15) is 0 Å². The Morgan fingerprint density at radius 2 is 1.70 bits per heavy atom. The van der Waals surface area contributed by atoms with Crippen LogP contribution in [0.2, 0.25) is 0 Å². The Morgan fingerprint density at radius 1 is 1.00 bits per heavy atom. The van der Waals surface area contributed by atoms with Crippen molar-refractivity contribution in [2.45, 2.75) is 25.9 Å². The van der Waals surface area contributed by atoms with E-state index in [1.165, 1.54) is 5.56 Å². The second-order valence-corrected chi connectivity index (χ2v) is 7.02. The number of amides is 1. The van der Waals surface area contributed by atoms with Crippen molar-refractivity contribution in [2.75, 3.05) is 33.9 Å². The Labute approximate surface area is 161 Å². The Balaban J connectivity index is 1.57. The minimum absolute atomic E-state index is 0.0428. The molecule has 2 aromatic rings. The highest BCUT2D eigenvalue weighted by atomic mass is 16.5. The predicted octanol–water partition coefficient (Wildman–Crippen LogP) is 3.33. The summed E-state index contributed by atoms with van der Waals surface area (Å²) in [4.78, 5) is 16.3. The molecule has 0 N–H and O–H groups in total. The lowest BCUT2D eigenvalue weighted by molar-refractivity contribution is -0.132. The summed E-state index contributed by atoms with van der Waals surface area (Å²) in [6.07, 6.45) is 2.17. The molecule has 3 rings (SSSR count). The maximum Gasteiger partial charge on any atom is 0.260 e. The van der Waals surface area contributed by atoms with E-state index in [2.05, 4.69) is 36.2 Å². The van der Waals surface area contributed by atoms with Gasteiger partial charge in [-0.15, -0.1) is 0 Å². The number of benzene rings is 2. The molecule has 1 saturated heterocycles. The van der Waals surface area contributed by atoms with Gasteiger partial charge >= 0.3 is 0 Å². The molecule has 2 aromatic carbocycles. The van der Waals surface area contributed by atoms with Crippen LogP contribution in [-0.4, -0.2) is 49.6 Å². The number of carbonyl (C=O) groups excluding carboxylic acids is 1. The molecule has 1 fully saturated rings. The van der Waals surface area contributed by atoms with Crippen molar-refractivity contribution in [1.82, 2.24) is 9.80 Å². The highest BCUT2D eigenvalue weighted by molar-refractivity contribution is 5.78. The number of likely N-dealkylation sites (tertiary alicyclic amines) is 1. The van der Waals surface area contributed by atoms with Gasteiger partial charge in [-0.25, -0.2) is 0 Å². The highest BCUT2D eigenvalue weighted by Gasteiger charge is 2.19. The zero-order chi connectivity index (χ0) is 19.1. The largest absolute Gasteiger partial charge is 0.493 e. The van der Waals surface area contributed by atoms with E-state index in [0.29, 0.717) is 11.5 Å². The number of carbonyl (C=O) groups is 1. The fourth-order valence-electron chi connectivity index (χ4n) is 3.39. The summed E-state index contributed by atoms with van der Waals surface area (Å²) >= 11 is 0. The van der Waals surface area contributed by atoms with E-state index in [1.54, 1.807) is 7.11 Å². The summed E-state index contributed by atoms with van der Waals surface area (Å²) in [5, 5.41) is 0. The molecule has 1 amide bonds. The number of ether oxygens (including phenoxy) is 2. The van der Waals surface area contributed by atoms with Gasteiger partial charge < -0.3 is 14.4 Å². The Morgan fingerprint density at radius 3 is 2.41 bits per heavy atom. The third-order valence-electron chi connectivity index (χ3n) is 4.79. The van der Waals surface area contributed by atoms with Gasteiger partial charge in [0.25, 0.3) is 5.91 Å². The quantitative estimate of drug-likeness (QED) is 0.717. The maximum absolute atomic E-state index is 12.2. The lowest BCUT2D eigenvalue weighted by atomic mass is 10.1. The van der Waals surface area contributed by atoms with Gasteiger partial charge in [0.15, 0.2) is 18.1 Å². The molecule has 0 aromatic heterocycles. The second kappa shape index (κ2) is 9.42. The van der Waals surface area contributed by atoms with Crippen molar-refractivity contribution in [3.05, 3.63) is 59.7 Å². The first kappa shape index (κ1) is 19.2. The Hall–Kier alpha value is -2.53. The fraction of sp³-hybridized carbons (Fsp3) is 0.409. The van der Waals surface area contributed by atoms with Crippen molar-refractivity contribution in [2.24, 2.45) is 0 Å². The van der Waals surface area contributed by atoms with Gasteiger partial charge in [0.2, 0.25) is 0 Å². The summed E-state index contributed by atoms with van der Waals surface area (Å²) in [6.45, 7) is 3.42. The normalized spacial score (nSPS) is 13.8. The third kappa shape index (κ3) is 5.47. The average molecular weight is 368 g/mol. The van der Waals surface area contributed by atoms with E-state index in [-0.39, 0.29) is 12.5 Å². The van der Waals surface area contributed by atoms with Gasteiger partial charge in [-0.05, 0) is 43.1 Å². The molecule has 1 aliphatic rings. The van der Waals surface area contributed by atoms with Crippen LogP contribution in [0.5, 0.6) is 11.5 Å².